The maximum absolute atomic E-state index is 13.5. The van der Waals surface area contributed by atoms with Gasteiger partial charge in [-0.25, -0.2) is 4.68 Å². The Hall–Kier alpha value is -3.35. The summed E-state index contributed by atoms with van der Waals surface area (Å²) in [6, 6.07) is 15.3. The lowest BCUT2D eigenvalue weighted by Crippen LogP contribution is -2.49. The summed E-state index contributed by atoms with van der Waals surface area (Å²) in [5.74, 6) is 0.706. The SMILES string of the molecule is CCCCCn1nc(C(=O)N2CCN(c3cccc(OC)c3)CC2)c2ccccc2c1=O. The average molecular weight is 435 g/mol. The van der Waals surface area contributed by atoms with Crippen molar-refractivity contribution in [1.82, 2.24) is 14.7 Å². The number of hydrogen-bond acceptors (Lipinski definition) is 5. The number of benzene rings is 2. The van der Waals surface area contributed by atoms with Crippen molar-refractivity contribution in [3.63, 3.8) is 0 Å². The third kappa shape index (κ3) is 4.47. The van der Waals surface area contributed by atoms with Crippen molar-refractivity contribution in [2.24, 2.45) is 0 Å². The highest BCUT2D eigenvalue weighted by Gasteiger charge is 2.26. The quantitative estimate of drug-likeness (QED) is 0.532. The van der Waals surface area contributed by atoms with Crippen LogP contribution in [0.3, 0.4) is 0 Å². The van der Waals surface area contributed by atoms with Gasteiger partial charge in [0.1, 0.15) is 5.75 Å². The number of methoxy groups -OCH3 is 1. The van der Waals surface area contributed by atoms with Gasteiger partial charge >= 0.3 is 0 Å². The molecule has 1 aromatic heterocycles. The van der Waals surface area contributed by atoms with E-state index < -0.39 is 0 Å². The number of amides is 1. The van der Waals surface area contributed by atoms with Gasteiger partial charge in [0, 0.05) is 49.9 Å². The maximum atomic E-state index is 13.5. The Morgan fingerprint density at radius 3 is 2.47 bits per heavy atom. The van der Waals surface area contributed by atoms with E-state index in [1.807, 2.05) is 41.3 Å². The third-order valence-electron chi connectivity index (χ3n) is 6.03. The van der Waals surface area contributed by atoms with Crippen molar-refractivity contribution < 1.29 is 9.53 Å². The lowest BCUT2D eigenvalue weighted by molar-refractivity contribution is 0.0740. The fourth-order valence-electron chi connectivity index (χ4n) is 4.18. The number of aryl methyl sites for hydroxylation is 1. The number of carbonyl (C=O) groups excluding carboxylic acids is 1. The minimum Gasteiger partial charge on any atom is -0.497 e. The standard InChI is InChI=1S/C25H30N4O3/c1-3-4-7-13-29-24(30)22-12-6-5-11-21(22)23(26-29)25(31)28-16-14-27(15-17-28)19-9-8-10-20(18-19)32-2/h5-6,8-12,18H,3-4,7,13-17H2,1-2H3. The van der Waals surface area contributed by atoms with E-state index in [4.69, 9.17) is 4.74 Å². The summed E-state index contributed by atoms with van der Waals surface area (Å²) in [4.78, 5) is 30.4. The first kappa shape index (κ1) is 21.9. The smallest absolute Gasteiger partial charge is 0.275 e. The number of unbranched alkanes of at least 4 members (excludes halogenated alkanes) is 2. The molecule has 32 heavy (non-hydrogen) atoms. The lowest BCUT2D eigenvalue weighted by Gasteiger charge is -2.36. The Morgan fingerprint density at radius 1 is 1.00 bits per heavy atom. The van der Waals surface area contributed by atoms with Gasteiger partial charge in [-0.05, 0) is 24.6 Å². The van der Waals surface area contributed by atoms with Gasteiger partial charge in [0.2, 0.25) is 0 Å². The first-order chi connectivity index (χ1) is 15.6. The van der Waals surface area contributed by atoms with Gasteiger partial charge in [-0.3, -0.25) is 9.59 Å². The molecule has 0 saturated carbocycles. The van der Waals surface area contributed by atoms with Crippen LogP contribution < -0.4 is 15.2 Å². The number of aromatic nitrogens is 2. The van der Waals surface area contributed by atoms with Gasteiger partial charge in [0.15, 0.2) is 5.69 Å². The molecule has 1 saturated heterocycles. The van der Waals surface area contributed by atoms with Crippen LogP contribution in [0.2, 0.25) is 0 Å². The van der Waals surface area contributed by atoms with E-state index in [1.165, 1.54) is 4.68 Å². The molecule has 1 aliphatic heterocycles. The highest BCUT2D eigenvalue weighted by Crippen LogP contribution is 2.23. The molecule has 1 fully saturated rings. The van der Waals surface area contributed by atoms with Gasteiger partial charge in [-0.2, -0.15) is 5.10 Å². The molecule has 168 valence electrons. The summed E-state index contributed by atoms with van der Waals surface area (Å²) >= 11 is 0. The molecule has 2 heterocycles. The summed E-state index contributed by atoms with van der Waals surface area (Å²) in [5.41, 5.74) is 1.33. The molecule has 3 aromatic rings. The number of anilines is 1. The summed E-state index contributed by atoms with van der Waals surface area (Å²) < 4.78 is 6.80. The van der Waals surface area contributed by atoms with Crippen LogP contribution in [0.1, 0.15) is 36.7 Å². The molecule has 0 radical (unpaired) electrons. The number of fused-ring (bicyclic) bond motifs is 1. The van der Waals surface area contributed by atoms with E-state index in [2.05, 4.69) is 23.0 Å². The Morgan fingerprint density at radius 2 is 1.75 bits per heavy atom. The molecule has 0 N–H and O–H groups in total. The molecule has 7 nitrogen and oxygen atoms in total. The summed E-state index contributed by atoms with van der Waals surface area (Å²) in [6.07, 6.45) is 2.96. The predicted molar refractivity (Wildman–Crippen MR) is 127 cm³/mol. The van der Waals surface area contributed by atoms with Crippen LogP contribution in [0, 0.1) is 0 Å². The minimum atomic E-state index is -0.129. The van der Waals surface area contributed by atoms with Crippen LogP contribution in [0.5, 0.6) is 5.75 Å². The number of ether oxygens (including phenoxy) is 1. The molecule has 0 atom stereocenters. The van der Waals surface area contributed by atoms with Gasteiger partial charge in [0.05, 0.1) is 12.5 Å². The maximum Gasteiger partial charge on any atom is 0.275 e. The topological polar surface area (TPSA) is 67.7 Å². The Balaban J connectivity index is 1.56. The first-order valence-corrected chi connectivity index (χ1v) is 11.3. The fraction of sp³-hybridized carbons (Fsp3) is 0.400. The van der Waals surface area contributed by atoms with Crippen molar-refractivity contribution in [2.45, 2.75) is 32.7 Å². The zero-order valence-electron chi connectivity index (χ0n) is 18.8. The van der Waals surface area contributed by atoms with E-state index in [0.717, 1.165) is 43.8 Å². The number of carbonyl (C=O) groups is 1. The summed E-state index contributed by atoms with van der Waals surface area (Å²) in [6.45, 7) is 5.31. The predicted octanol–water partition coefficient (Wildman–Crippen LogP) is 3.56. The van der Waals surface area contributed by atoms with Crippen molar-refractivity contribution in [1.29, 1.82) is 0 Å². The van der Waals surface area contributed by atoms with Crippen LogP contribution >= 0.6 is 0 Å². The zero-order chi connectivity index (χ0) is 22.5. The molecular weight excluding hydrogens is 404 g/mol. The first-order valence-electron chi connectivity index (χ1n) is 11.3. The van der Waals surface area contributed by atoms with Crippen LogP contribution in [0.25, 0.3) is 10.8 Å². The van der Waals surface area contributed by atoms with E-state index in [0.29, 0.717) is 36.1 Å². The van der Waals surface area contributed by atoms with Crippen molar-refractivity contribution in [3.8, 4) is 5.75 Å². The average Bonchev–Trinajstić information content (AvgIpc) is 2.85. The molecule has 0 aliphatic carbocycles. The number of nitrogens with zero attached hydrogens (tertiary/aromatic N) is 4. The third-order valence-corrected chi connectivity index (χ3v) is 6.03. The minimum absolute atomic E-state index is 0.115. The number of hydrogen-bond donors (Lipinski definition) is 0. The van der Waals surface area contributed by atoms with Crippen molar-refractivity contribution in [2.75, 3.05) is 38.2 Å². The molecule has 1 aliphatic rings. The van der Waals surface area contributed by atoms with Crippen molar-refractivity contribution in [3.05, 3.63) is 64.6 Å². The number of piperazine rings is 1. The molecule has 0 unspecified atom stereocenters. The monoisotopic (exact) mass is 434 g/mol. The van der Waals surface area contributed by atoms with E-state index in [-0.39, 0.29) is 11.5 Å². The molecule has 0 bridgehead atoms. The Bertz CT molecular complexity index is 1150. The molecule has 4 rings (SSSR count). The second kappa shape index (κ2) is 9.85. The normalized spacial score (nSPS) is 14.1. The largest absolute Gasteiger partial charge is 0.497 e. The van der Waals surface area contributed by atoms with Crippen LogP contribution in [0.4, 0.5) is 5.69 Å². The van der Waals surface area contributed by atoms with Crippen LogP contribution in [-0.2, 0) is 6.54 Å². The van der Waals surface area contributed by atoms with E-state index >= 15 is 0 Å². The van der Waals surface area contributed by atoms with Gasteiger partial charge < -0.3 is 14.5 Å². The van der Waals surface area contributed by atoms with Gasteiger partial charge in [0.25, 0.3) is 11.5 Å². The highest BCUT2D eigenvalue weighted by molar-refractivity contribution is 6.04. The van der Waals surface area contributed by atoms with E-state index in [9.17, 15) is 9.59 Å². The molecule has 7 heteroatoms. The van der Waals surface area contributed by atoms with Gasteiger partial charge in [-0.15, -0.1) is 0 Å². The van der Waals surface area contributed by atoms with Crippen LogP contribution in [-0.4, -0.2) is 53.9 Å². The molecule has 0 spiro atoms. The fourth-order valence-corrected chi connectivity index (χ4v) is 4.18. The van der Waals surface area contributed by atoms with Crippen LogP contribution in [0.15, 0.2) is 53.3 Å². The summed E-state index contributed by atoms with van der Waals surface area (Å²) in [7, 11) is 1.66. The lowest BCUT2D eigenvalue weighted by atomic mass is 10.1. The van der Waals surface area contributed by atoms with Crippen molar-refractivity contribution >= 4 is 22.4 Å². The van der Waals surface area contributed by atoms with E-state index in [1.54, 1.807) is 13.2 Å². The Kier molecular flexibility index (Phi) is 6.73. The second-order valence-electron chi connectivity index (χ2n) is 8.11. The number of rotatable bonds is 7. The van der Waals surface area contributed by atoms with Gasteiger partial charge in [-0.1, -0.05) is 44.0 Å². The highest BCUT2D eigenvalue weighted by atomic mass is 16.5. The molecule has 1 amide bonds. The zero-order valence-corrected chi connectivity index (χ0v) is 18.8. The summed E-state index contributed by atoms with van der Waals surface area (Å²) in [5, 5.41) is 5.71. The Labute approximate surface area is 188 Å². The molecular formula is C25H30N4O3. The molecule has 2 aromatic carbocycles. The second-order valence-corrected chi connectivity index (χ2v) is 8.11.